The first-order valence-corrected chi connectivity index (χ1v) is 5.57. The Hall–Kier alpha value is -2.09. The summed E-state index contributed by atoms with van der Waals surface area (Å²) in [6.07, 6.45) is 2.50. The average Bonchev–Trinajstić information content (AvgIpc) is 2.74. The van der Waals surface area contributed by atoms with Gasteiger partial charge in [0.15, 0.2) is 0 Å². The number of hydrogen-bond acceptors (Lipinski definition) is 4. The molecular weight excluding hydrogens is 308 g/mol. The zero-order chi connectivity index (χ0) is 13.3. The van der Waals surface area contributed by atoms with Crippen LogP contribution in [0.4, 0.5) is 0 Å². The number of carbonyl (C=O) groups is 1. The van der Waals surface area contributed by atoms with Gasteiger partial charge in [-0.3, -0.25) is 14.3 Å². The molecule has 0 unspecified atom stereocenters. The molecule has 0 amide bonds. The Morgan fingerprint density at radius 3 is 2.89 bits per heavy atom. The fraction of sp³-hybridized carbons (Fsp3) is 0.100. The summed E-state index contributed by atoms with van der Waals surface area (Å²) in [4.78, 5) is 35.6. The van der Waals surface area contributed by atoms with Crippen molar-refractivity contribution >= 4 is 21.9 Å². The van der Waals surface area contributed by atoms with E-state index in [4.69, 9.17) is 9.52 Å². The molecule has 0 spiro atoms. The van der Waals surface area contributed by atoms with Crippen LogP contribution in [0.15, 0.2) is 37.0 Å². The molecule has 18 heavy (non-hydrogen) atoms. The van der Waals surface area contributed by atoms with E-state index >= 15 is 0 Å². The molecule has 0 aliphatic heterocycles. The van der Waals surface area contributed by atoms with Crippen molar-refractivity contribution in [1.82, 2.24) is 9.55 Å². The van der Waals surface area contributed by atoms with Gasteiger partial charge in [0.2, 0.25) is 0 Å². The fourth-order valence-corrected chi connectivity index (χ4v) is 1.75. The maximum Gasteiger partial charge on any atom is 0.339 e. The molecule has 0 aliphatic carbocycles. The van der Waals surface area contributed by atoms with Crippen molar-refractivity contribution in [3.8, 4) is 0 Å². The summed E-state index contributed by atoms with van der Waals surface area (Å²) in [5.41, 5.74) is -1.21. The average molecular weight is 315 g/mol. The van der Waals surface area contributed by atoms with Crippen LogP contribution in [0.3, 0.4) is 0 Å². The molecule has 0 saturated heterocycles. The Morgan fingerprint density at radius 2 is 2.22 bits per heavy atom. The molecular formula is C10H7BrN2O5. The molecule has 0 radical (unpaired) electrons. The van der Waals surface area contributed by atoms with E-state index in [0.29, 0.717) is 0 Å². The van der Waals surface area contributed by atoms with E-state index in [1.807, 2.05) is 0 Å². The van der Waals surface area contributed by atoms with E-state index < -0.39 is 17.2 Å². The van der Waals surface area contributed by atoms with Crippen molar-refractivity contribution in [2.45, 2.75) is 6.54 Å². The van der Waals surface area contributed by atoms with Crippen molar-refractivity contribution in [3.05, 3.63) is 55.2 Å². The van der Waals surface area contributed by atoms with Crippen molar-refractivity contribution in [2.75, 3.05) is 0 Å². The largest absolute Gasteiger partial charge is 0.478 e. The van der Waals surface area contributed by atoms with Gasteiger partial charge in [0.25, 0.3) is 5.56 Å². The lowest BCUT2D eigenvalue weighted by Crippen LogP contribution is -2.30. The van der Waals surface area contributed by atoms with Gasteiger partial charge in [-0.1, -0.05) is 0 Å². The molecule has 0 saturated carbocycles. The summed E-state index contributed by atoms with van der Waals surface area (Å²) in [5, 5.41) is 8.89. The van der Waals surface area contributed by atoms with Crippen LogP contribution in [0.2, 0.25) is 0 Å². The van der Waals surface area contributed by atoms with Gasteiger partial charge in [0, 0.05) is 6.20 Å². The Balaban J connectivity index is 2.43. The lowest BCUT2D eigenvalue weighted by Gasteiger charge is -2.03. The minimum atomic E-state index is -1.14. The molecule has 0 bridgehead atoms. The summed E-state index contributed by atoms with van der Waals surface area (Å²) in [6.45, 7) is -0.0805. The number of halogens is 1. The number of nitrogens with one attached hydrogen (secondary N) is 1. The first kappa shape index (κ1) is 12.4. The SMILES string of the molecule is O=C(O)c1ccoc1Cn1cc(Br)c(=O)[nH]c1=O. The maximum absolute atomic E-state index is 11.5. The van der Waals surface area contributed by atoms with Gasteiger partial charge in [-0.05, 0) is 22.0 Å². The lowest BCUT2D eigenvalue weighted by molar-refractivity contribution is 0.0694. The van der Waals surface area contributed by atoms with E-state index in [1.165, 1.54) is 18.5 Å². The van der Waals surface area contributed by atoms with E-state index in [9.17, 15) is 14.4 Å². The van der Waals surface area contributed by atoms with Crippen LogP contribution >= 0.6 is 15.9 Å². The lowest BCUT2D eigenvalue weighted by atomic mass is 10.2. The van der Waals surface area contributed by atoms with Gasteiger partial charge in [0.05, 0.1) is 17.3 Å². The third-order valence-corrected chi connectivity index (χ3v) is 2.82. The van der Waals surface area contributed by atoms with E-state index in [1.54, 1.807) is 0 Å². The van der Waals surface area contributed by atoms with Gasteiger partial charge in [-0.25, -0.2) is 9.59 Å². The predicted octanol–water partition coefficient (Wildman–Crippen LogP) is 0.639. The van der Waals surface area contributed by atoms with Gasteiger partial charge in [-0.2, -0.15) is 0 Å². The Labute approximate surface area is 108 Å². The van der Waals surface area contributed by atoms with Gasteiger partial charge in [-0.15, -0.1) is 0 Å². The first-order valence-electron chi connectivity index (χ1n) is 4.78. The second-order valence-electron chi connectivity index (χ2n) is 3.43. The number of aromatic nitrogens is 2. The molecule has 2 aromatic heterocycles. The summed E-state index contributed by atoms with van der Waals surface area (Å²) in [5.74, 6) is -1.01. The number of furan rings is 1. The molecule has 0 aromatic carbocycles. The summed E-state index contributed by atoms with van der Waals surface area (Å²) < 4.78 is 6.31. The molecule has 0 aliphatic rings. The number of carboxylic acids is 1. The Morgan fingerprint density at radius 1 is 1.50 bits per heavy atom. The molecule has 7 nitrogen and oxygen atoms in total. The first-order chi connectivity index (χ1) is 8.49. The number of aromatic carboxylic acids is 1. The highest BCUT2D eigenvalue weighted by atomic mass is 79.9. The van der Waals surface area contributed by atoms with Crippen LogP contribution in [0.1, 0.15) is 16.1 Å². The zero-order valence-corrected chi connectivity index (χ0v) is 10.4. The van der Waals surface area contributed by atoms with Crippen LogP contribution < -0.4 is 11.2 Å². The topological polar surface area (TPSA) is 105 Å². The van der Waals surface area contributed by atoms with Gasteiger partial charge < -0.3 is 9.52 Å². The molecule has 94 valence electrons. The van der Waals surface area contributed by atoms with Crippen LogP contribution in [0.5, 0.6) is 0 Å². The molecule has 2 N–H and O–H groups in total. The van der Waals surface area contributed by atoms with Crippen LogP contribution in [-0.2, 0) is 6.54 Å². The monoisotopic (exact) mass is 314 g/mol. The highest BCUT2D eigenvalue weighted by Gasteiger charge is 2.14. The normalized spacial score (nSPS) is 10.5. The van der Waals surface area contributed by atoms with E-state index in [-0.39, 0.29) is 22.3 Å². The van der Waals surface area contributed by atoms with Crippen molar-refractivity contribution in [1.29, 1.82) is 0 Å². The quantitative estimate of drug-likeness (QED) is 0.864. The number of rotatable bonds is 3. The summed E-state index contributed by atoms with van der Waals surface area (Å²) >= 11 is 2.98. The second-order valence-corrected chi connectivity index (χ2v) is 4.28. The number of aromatic amines is 1. The highest BCUT2D eigenvalue weighted by molar-refractivity contribution is 9.10. The molecule has 2 heterocycles. The summed E-state index contributed by atoms with van der Waals surface area (Å²) in [6, 6.07) is 1.30. The zero-order valence-electron chi connectivity index (χ0n) is 8.84. The van der Waals surface area contributed by atoms with Crippen molar-refractivity contribution in [3.63, 3.8) is 0 Å². The van der Waals surface area contributed by atoms with Crippen molar-refractivity contribution < 1.29 is 14.3 Å². The number of hydrogen-bond donors (Lipinski definition) is 2. The third kappa shape index (κ3) is 2.28. The number of H-pyrrole nitrogens is 1. The van der Waals surface area contributed by atoms with E-state index in [2.05, 4.69) is 20.9 Å². The molecule has 8 heteroatoms. The molecule has 2 rings (SSSR count). The van der Waals surface area contributed by atoms with Gasteiger partial charge in [0.1, 0.15) is 11.3 Å². The molecule has 2 aromatic rings. The van der Waals surface area contributed by atoms with Crippen molar-refractivity contribution in [2.24, 2.45) is 0 Å². The second kappa shape index (κ2) is 4.65. The van der Waals surface area contributed by atoms with Crippen LogP contribution in [-0.4, -0.2) is 20.6 Å². The minimum absolute atomic E-state index is 0.0239. The van der Waals surface area contributed by atoms with E-state index in [0.717, 1.165) is 4.57 Å². The highest BCUT2D eigenvalue weighted by Crippen LogP contribution is 2.11. The maximum atomic E-state index is 11.5. The van der Waals surface area contributed by atoms with Gasteiger partial charge >= 0.3 is 11.7 Å². The van der Waals surface area contributed by atoms with Crippen LogP contribution in [0, 0.1) is 0 Å². The fourth-order valence-electron chi connectivity index (χ4n) is 1.41. The molecule has 0 atom stereocenters. The number of nitrogens with zero attached hydrogens (tertiary/aromatic N) is 1. The standard InChI is InChI=1S/C10H7BrN2O5/c11-6-3-13(10(17)12-8(6)14)4-7-5(9(15)16)1-2-18-7/h1-3H,4H2,(H,15,16)(H,12,14,17). The molecule has 0 fully saturated rings. The predicted molar refractivity (Wildman–Crippen MR) is 63.8 cm³/mol. The Bertz CT molecular complexity index is 712. The smallest absolute Gasteiger partial charge is 0.339 e. The summed E-state index contributed by atoms with van der Waals surface area (Å²) in [7, 11) is 0. The third-order valence-electron chi connectivity index (χ3n) is 2.26. The number of carboxylic acid groups (broad SMARTS) is 1. The Kier molecular flexibility index (Phi) is 3.19. The minimum Gasteiger partial charge on any atom is -0.478 e. The van der Waals surface area contributed by atoms with Crippen LogP contribution in [0.25, 0.3) is 0 Å².